The van der Waals surface area contributed by atoms with Crippen LogP contribution in [0.25, 0.3) is 0 Å². The van der Waals surface area contributed by atoms with Gasteiger partial charge in [-0.25, -0.2) is 0 Å². The van der Waals surface area contributed by atoms with Gasteiger partial charge in [0.15, 0.2) is 0 Å². The highest BCUT2D eigenvalue weighted by atomic mass is 16.4. The minimum Gasteiger partial charge on any atom is -0.480 e. The zero-order valence-corrected chi connectivity index (χ0v) is 10.3. The maximum absolute atomic E-state index is 12.3. The summed E-state index contributed by atoms with van der Waals surface area (Å²) in [6, 6.07) is 3.36. The van der Waals surface area contributed by atoms with Crippen molar-refractivity contribution in [2.75, 3.05) is 13.1 Å². The molecule has 0 saturated carbocycles. The summed E-state index contributed by atoms with van der Waals surface area (Å²) in [7, 11) is 0. The van der Waals surface area contributed by atoms with E-state index in [1.807, 2.05) is 6.08 Å². The van der Waals surface area contributed by atoms with Crippen molar-refractivity contribution in [3.05, 3.63) is 35.7 Å². The van der Waals surface area contributed by atoms with Crippen molar-refractivity contribution in [1.82, 2.24) is 9.47 Å². The fourth-order valence-electron chi connectivity index (χ4n) is 2.01. The van der Waals surface area contributed by atoms with Crippen LogP contribution < -0.4 is 0 Å². The molecule has 5 nitrogen and oxygen atoms in total. The SMILES string of the molecule is CC1=CCN(C(=O)c2cccn2CC(=O)O)CC1. The van der Waals surface area contributed by atoms with Crippen molar-refractivity contribution in [2.45, 2.75) is 19.9 Å². The van der Waals surface area contributed by atoms with Gasteiger partial charge in [0.1, 0.15) is 12.2 Å². The quantitative estimate of drug-likeness (QED) is 0.822. The highest BCUT2D eigenvalue weighted by Crippen LogP contribution is 2.14. The van der Waals surface area contributed by atoms with Crippen molar-refractivity contribution >= 4 is 11.9 Å². The molecule has 0 atom stereocenters. The molecule has 1 N–H and O–H groups in total. The van der Waals surface area contributed by atoms with Crippen LogP contribution in [0.4, 0.5) is 0 Å². The maximum atomic E-state index is 12.3. The van der Waals surface area contributed by atoms with E-state index in [4.69, 9.17) is 5.11 Å². The zero-order chi connectivity index (χ0) is 13.1. The average Bonchev–Trinajstić information content (AvgIpc) is 2.76. The number of carbonyl (C=O) groups excluding carboxylic acids is 1. The molecule has 0 aliphatic carbocycles. The van der Waals surface area contributed by atoms with E-state index in [0.717, 1.165) is 6.42 Å². The molecule has 5 heteroatoms. The summed E-state index contributed by atoms with van der Waals surface area (Å²) in [5.41, 5.74) is 1.73. The van der Waals surface area contributed by atoms with Crippen LogP contribution in [0, 0.1) is 0 Å². The molecule has 2 rings (SSSR count). The average molecular weight is 248 g/mol. The largest absolute Gasteiger partial charge is 0.480 e. The number of amides is 1. The molecule has 0 unspecified atom stereocenters. The van der Waals surface area contributed by atoms with E-state index in [1.165, 1.54) is 10.1 Å². The second-order valence-corrected chi connectivity index (χ2v) is 4.47. The number of aliphatic carboxylic acids is 1. The van der Waals surface area contributed by atoms with Gasteiger partial charge in [-0.1, -0.05) is 11.6 Å². The van der Waals surface area contributed by atoms with E-state index in [9.17, 15) is 9.59 Å². The molecule has 1 amide bonds. The van der Waals surface area contributed by atoms with Gasteiger partial charge >= 0.3 is 5.97 Å². The van der Waals surface area contributed by atoms with Crippen molar-refractivity contribution in [3.8, 4) is 0 Å². The number of carbonyl (C=O) groups is 2. The van der Waals surface area contributed by atoms with Gasteiger partial charge in [0.2, 0.25) is 0 Å². The molecule has 18 heavy (non-hydrogen) atoms. The molecule has 2 heterocycles. The van der Waals surface area contributed by atoms with Crippen LogP contribution in [0.2, 0.25) is 0 Å². The number of nitrogens with zero attached hydrogens (tertiary/aromatic N) is 2. The van der Waals surface area contributed by atoms with Crippen LogP contribution in [0.1, 0.15) is 23.8 Å². The Morgan fingerprint density at radius 2 is 2.22 bits per heavy atom. The number of rotatable bonds is 3. The van der Waals surface area contributed by atoms with Crippen LogP contribution in [-0.2, 0) is 11.3 Å². The van der Waals surface area contributed by atoms with Crippen LogP contribution in [-0.4, -0.2) is 39.5 Å². The maximum Gasteiger partial charge on any atom is 0.323 e. The van der Waals surface area contributed by atoms with Crippen LogP contribution in [0.5, 0.6) is 0 Å². The van der Waals surface area contributed by atoms with Crippen molar-refractivity contribution in [3.63, 3.8) is 0 Å². The first-order chi connectivity index (χ1) is 8.58. The molecule has 1 aromatic heterocycles. The smallest absolute Gasteiger partial charge is 0.323 e. The summed E-state index contributed by atoms with van der Waals surface area (Å²) in [4.78, 5) is 24.7. The first-order valence-corrected chi connectivity index (χ1v) is 5.90. The third-order valence-corrected chi connectivity index (χ3v) is 3.08. The third kappa shape index (κ3) is 2.61. The van der Waals surface area contributed by atoms with Gasteiger partial charge in [-0.3, -0.25) is 9.59 Å². The topological polar surface area (TPSA) is 62.5 Å². The third-order valence-electron chi connectivity index (χ3n) is 3.08. The van der Waals surface area contributed by atoms with E-state index >= 15 is 0 Å². The van der Waals surface area contributed by atoms with Gasteiger partial charge in [-0.15, -0.1) is 0 Å². The summed E-state index contributed by atoms with van der Waals surface area (Å²) in [5, 5.41) is 8.78. The molecular weight excluding hydrogens is 232 g/mol. The Morgan fingerprint density at radius 3 is 2.83 bits per heavy atom. The second kappa shape index (κ2) is 5.08. The minimum absolute atomic E-state index is 0.106. The van der Waals surface area contributed by atoms with E-state index in [0.29, 0.717) is 18.8 Å². The fraction of sp³-hybridized carbons (Fsp3) is 0.385. The lowest BCUT2D eigenvalue weighted by atomic mass is 10.1. The molecule has 0 fully saturated rings. The molecule has 1 aromatic rings. The molecule has 1 aliphatic rings. The Kier molecular flexibility index (Phi) is 3.50. The van der Waals surface area contributed by atoms with Crippen molar-refractivity contribution in [1.29, 1.82) is 0 Å². The summed E-state index contributed by atoms with van der Waals surface area (Å²) >= 11 is 0. The van der Waals surface area contributed by atoms with Gasteiger partial charge in [0.05, 0.1) is 0 Å². The minimum atomic E-state index is -0.949. The van der Waals surface area contributed by atoms with Gasteiger partial charge in [0.25, 0.3) is 5.91 Å². The number of carboxylic acids is 1. The highest BCUT2D eigenvalue weighted by molar-refractivity contribution is 5.93. The Hall–Kier alpha value is -2.04. The summed E-state index contributed by atoms with van der Waals surface area (Å²) in [6.07, 6.45) is 4.53. The Bertz CT molecular complexity index is 502. The monoisotopic (exact) mass is 248 g/mol. The lowest BCUT2D eigenvalue weighted by Gasteiger charge is -2.25. The predicted molar refractivity (Wildman–Crippen MR) is 66.3 cm³/mol. The lowest BCUT2D eigenvalue weighted by Crippen LogP contribution is -2.36. The summed E-state index contributed by atoms with van der Waals surface area (Å²) in [6.45, 7) is 3.16. The van der Waals surface area contributed by atoms with Gasteiger partial charge < -0.3 is 14.6 Å². The Labute approximate surface area is 105 Å². The molecule has 0 radical (unpaired) electrons. The second-order valence-electron chi connectivity index (χ2n) is 4.47. The molecule has 1 aliphatic heterocycles. The molecule has 0 saturated heterocycles. The molecule has 0 aromatic carbocycles. The predicted octanol–water partition coefficient (Wildman–Crippen LogP) is 1.36. The first-order valence-electron chi connectivity index (χ1n) is 5.90. The molecule has 96 valence electrons. The van der Waals surface area contributed by atoms with Crippen LogP contribution in [0.3, 0.4) is 0 Å². The van der Waals surface area contributed by atoms with Gasteiger partial charge in [-0.05, 0) is 25.5 Å². The molecular formula is C13H16N2O3. The van der Waals surface area contributed by atoms with E-state index in [2.05, 4.69) is 6.92 Å². The number of hydrogen-bond acceptors (Lipinski definition) is 2. The van der Waals surface area contributed by atoms with Crippen LogP contribution >= 0.6 is 0 Å². The van der Waals surface area contributed by atoms with E-state index < -0.39 is 5.97 Å². The van der Waals surface area contributed by atoms with E-state index in [1.54, 1.807) is 23.2 Å². The molecule has 0 spiro atoms. The van der Waals surface area contributed by atoms with Crippen molar-refractivity contribution < 1.29 is 14.7 Å². The van der Waals surface area contributed by atoms with Crippen LogP contribution in [0.15, 0.2) is 30.0 Å². The highest BCUT2D eigenvalue weighted by Gasteiger charge is 2.20. The zero-order valence-electron chi connectivity index (χ0n) is 10.3. The van der Waals surface area contributed by atoms with Gasteiger partial charge in [0, 0.05) is 19.3 Å². The first kappa shape index (κ1) is 12.4. The lowest BCUT2D eigenvalue weighted by molar-refractivity contribution is -0.137. The normalized spacial score (nSPS) is 15.4. The Balaban J connectivity index is 2.14. The number of carboxylic acid groups (broad SMARTS) is 1. The summed E-state index contributed by atoms with van der Waals surface area (Å²) in [5.74, 6) is -1.06. The summed E-state index contributed by atoms with van der Waals surface area (Å²) < 4.78 is 1.47. The standard InChI is InChI=1S/C13H16N2O3/c1-10-4-7-14(8-5-10)13(18)11-3-2-6-15(11)9-12(16)17/h2-4,6H,5,7-9H2,1H3,(H,16,17). The molecule has 0 bridgehead atoms. The number of aromatic nitrogens is 1. The number of hydrogen-bond donors (Lipinski definition) is 1. The van der Waals surface area contributed by atoms with Crippen molar-refractivity contribution in [2.24, 2.45) is 0 Å². The fourth-order valence-corrected chi connectivity index (χ4v) is 2.01. The van der Waals surface area contributed by atoms with Gasteiger partial charge in [-0.2, -0.15) is 0 Å². The Morgan fingerprint density at radius 1 is 1.44 bits per heavy atom. The van der Waals surface area contributed by atoms with E-state index in [-0.39, 0.29) is 12.5 Å².